The van der Waals surface area contributed by atoms with Gasteiger partial charge < -0.3 is 5.32 Å². The molecule has 1 aliphatic heterocycles. The monoisotopic (exact) mass is 239 g/mol. The first-order chi connectivity index (χ1) is 6.27. The van der Waals surface area contributed by atoms with E-state index in [1.807, 2.05) is 0 Å². The Morgan fingerprint density at radius 2 is 2.31 bits per heavy atom. The minimum Gasteiger partial charge on any atom is -0.385 e. The van der Waals surface area contributed by atoms with Crippen molar-refractivity contribution in [1.82, 2.24) is 0 Å². The van der Waals surface area contributed by atoms with Crippen molar-refractivity contribution in [1.29, 1.82) is 0 Å². The molecule has 1 unspecified atom stereocenters. The molecule has 0 saturated heterocycles. The molecule has 1 heterocycles. The average molecular weight is 240 g/mol. The van der Waals surface area contributed by atoms with Gasteiger partial charge in [-0.1, -0.05) is 22.9 Å². The van der Waals surface area contributed by atoms with Crippen molar-refractivity contribution < 1.29 is 0 Å². The predicted molar refractivity (Wildman–Crippen MR) is 60.3 cm³/mol. The summed E-state index contributed by atoms with van der Waals surface area (Å²) < 4.78 is 1.18. The summed E-state index contributed by atoms with van der Waals surface area (Å²) in [6, 6.07) is 6.50. The van der Waals surface area contributed by atoms with Crippen LogP contribution in [0.4, 0.5) is 5.69 Å². The first-order valence-corrected chi connectivity index (χ1v) is 5.60. The van der Waals surface area contributed by atoms with Gasteiger partial charge in [-0.05, 0) is 42.5 Å². The summed E-state index contributed by atoms with van der Waals surface area (Å²) >= 11 is 3.52. The van der Waals surface area contributed by atoms with E-state index in [0.717, 1.165) is 6.54 Å². The fraction of sp³-hybridized carbons (Fsp3) is 0.455. The van der Waals surface area contributed by atoms with E-state index >= 15 is 0 Å². The minimum absolute atomic E-state index is 0.683. The van der Waals surface area contributed by atoms with E-state index < -0.39 is 0 Å². The Labute approximate surface area is 87.7 Å². The molecule has 1 aromatic carbocycles. The van der Waals surface area contributed by atoms with Crippen molar-refractivity contribution in [3.63, 3.8) is 0 Å². The highest BCUT2D eigenvalue weighted by atomic mass is 79.9. The molecule has 0 spiro atoms. The first kappa shape index (κ1) is 9.07. The normalized spacial score (nSPS) is 21.5. The molecular formula is C11H14BrN. The maximum absolute atomic E-state index is 3.52. The number of fused-ring (bicyclic) bond motifs is 1. The maximum atomic E-state index is 3.52. The Bertz CT molecular complexity index is 309. The second-order valence-corrected chi connectivity index (χ2v) is 4.62. The molecule has 70 valence electrons. The van der Waals surface area contributed by atoms with E-state index in [1.165, 1.54) is 28.6 Å². The molecule has 1 atom stereocenters. The molecule has 0 bridgehead atoms. The van der Waals surface area contributed by atoms with Gasteiger partial charge in [0.15, 0.2) is 0 Å². The van der Waals surface area contributed by atoms with Gasteiger partial charge in [-0.15, -0.1) is 0 Å². The fourth-order valence-corrected chi connectivity index (χ4v) is 2.27. The Hall–Kier alpha value is -0.500. The van der Waals surface area contributed by atoms with Crippen molar-refractivity contribution in [2.24, 2.45) is 0 Å². The van der Waals surface area contributed by atoms with Crippen LogP contribution in [0.25, 0.3) is 0 Å². The Kier molecular flexibility index (Phi) is 2.58. The first-order valence-electron chi connectivity index (χ1n) is 4.80. The standard InChI is InChI=1S/C11H14BrN/c1-8-3-2-6-13-11-5-4-9(12)7-10(8)11/h4-5,7-8,13H,2-3,6H2,1H3. The van der Waals surface area contributed by atoms with E-state index in [0.29, 0.717) is 5.92 Å². The molecule has 0 aliphatic carbocycles. The molecule has 1 aliphatic rings. The van der Waals surface area contributed by atoms with Crippen LogP contribution in [0.3, 0.4) is 0 Å². The van der Waals surface area contributed by atoms with Crippen molar-refractivity contribution in [3.05, 3.63) is 28.2 Å². The fourth-order valence-electron chi connectivity index (χ4n) is 1.89. The van der Waals surface area contributed by atoms with Gasteiger partial charge in [-0.25, -0.2) is 0 Å². The van der Waals surface area contributed by atoms with Crippen LogP contribution in [-0.4, -0.2) is 6.54 Å². The number of hydrogen-bond acceptors (Lipinski definition) is 1. The lowest BCUT2D eigenvalue weighted by Crippen LogP contribution is -1.99. The lowest BCUT2D eigenvalue weighted by Gasteiger charge is -2.12. The van der Waals surface area contributed by atoms with Crippen molar-refractivity contribution >= 4 is 21.6 Å². The number of anilines is 1. The summed E-state index contributed by atoms with van der Waals surface area (Å²) in [4.78, 5) is 0. The zero-order valence-electron chi connectivity index (χ0n) is 7.81. The Morgan fingerprint density at radius 3 is 3.15 bits per heavy atom. The van der Waals surface area contributed by atoms with Crippen molar-refractivity contribution in [2.45, 2.75) is 25.7 Å². The van der Waals surface area contributed by atoms with Crippen LogP contribution in [0, 0.1) is 0 Å². The number of benzene rings is 1. The SMILES string of the molecule is CC1CCCNc2ccc(Br)cc21. The van der Waals surface area contributed by atoms with Gasteiger partial charge in [0, 0.05) is 16.7 Å². The third-order valence-electron chi connectivity index (χ3n) is 2.67. The molecule has 0 fully saturated rings. The molecule has 0 saturated carbocycles. The zero-order chi connectivity index (χ0) is 9.26. The molecule has 1 aromatic rings. The predicted octanol–water partition coefficient (Wildman–Crippen LogP) is 3.76. The van der Waals surface area contributed by atoms with Crippen molar-refractivity contribution in [3.8, 4) is 0 Å². The maximum Gasteiger partial charge on any atom is 0.0376 e. The summed E-state index contributed by atoms with van der Waals surface area (Å²) in [5, 5.41) is 3.46. The summed E-state index contributed by atoms with van der Waals surface area (Å²) in [6.07, 6.45) is 2.56. The Balaban J connectivity index is 2.43. The highest BCUT2D eigenvalue weighted by molar-refractivity contribution is 9.10. The summed E-state index contributed by atoms with van der Waals surface area (Å²) in [6.45, 7) is 3.41. The number of hydrogen-bond donors (Lipinski definition) is 1. The third-order valence-corrected chi connectivity index (χ3v) is 3.17. The van der Waals surface area contributed by atoms with Gasteiger partial charge in [-0.3, -0.25) is 0 Å². The molecule has 0 aromatic heterocycles. The van der Waals surface area contributed by atoms with Gasteiger partial charge in [0.2, 0.25) is 0 Å². The van der Waals surface area contributed by atoms with Crippen LogP contribution in [0.2, 0.25) is 0 Å². The minimum atomic E-state index is 0.683. The second-order valence-electron chi connectivity index (χ2n) is 3.70. The summed E-state index contributed by atoms with van der Waals surface area (Å²) in [5.41, 5.74) is 2.76. The third kappa shape index (κ3) is 1.88. The lowest BCUT2D eigenvalue weighted by molar-refractivity contribution is 0.667. The van der Waals surface area contributed by atoms with E-state index in [2.05, 4.69) is 46.4 Å². The van der Waals surface area contributed by atoms with Crippen LogP contribution in [-0.2, 0) is 0 Å². The highest BCUT2D eigenvalue weighted by Gasteiger charge is 2.13. The van der Waals surface area contributed by atoms with Gasteiger partial charge >= 0.3 is 0 Å². The van der Waals surface area contributed by atoms with Crippen molar-refractivity contribution in [2.75, 3.05) is 11.9 Å². The number of rotatable bonds is 0. The lowest BCUT2D eigenvalue weighted by atomic mass is 9.96. The summed E-state index contributed by atoms with van der Waals surface area (Å²) in [7, 11) is 0. The van der Waals surface area contributed by atoms with E-state index in [4.69, 9.17) is 0 Å². The molecule has 1 N–H and O–H groups in total. The van der Waals surface area contributed by atoms with Gasteiger partial charge in [0.05, 0.1) is 0 Å². The van der Waals surface area contributed by atoms with Gasteiger partial charge in [-0.2, -0.15) is 0 Å². The van der Waals surface area contributed by atoms with Gasteiger partial charge in [0.25, 0.3) is 0 Å². The molecule has 2 rings (SSSR count). The molecule has 1 nitrogen and oxygen atoms in total. The smallest absolute Gasteiger partial charge is 0.0376 e. The van der Waals surface area contributed by atoms with Crippen LogP contribution >= 0.6 is 15.9 Å². The number of nitrogens with one attached hydrogen (secondary N) is 1. The summed E-state index contributed by atoms with van der Waals surface area (Å²) in [5.74, 6) is 0.683. The van der Waals surface area contributed by atoms with Crippen LogP contribution in [0.1, 0.15) is 31.2 Å². The Morgan fingerprint density at radius 1 is 1.46 bits per heavy atom. The van der Waals surface area contributed by atoms with Crippen LogP contribution in [0.15, 0.2) is 22.7 Å². The molecule has 2 heteroatoms. The largest absolute Gasteiger partial charge is 0.385 e. The van der Waals surface area contributed by atoms with Crippen LogP contribution < -0.4 is 5.32 Å². The zero-order valence-corrected chi connectivity index (χ0v) is 9.39. The van der Waals surface area contributed by atoms with Crippen LogP contribution in [0.5, 0.6) is 0 Å². The number of halogens is 1. The molecular weight excluding hydrogens is 226 g/mol. The topological polar surface area (TPSA) is 12.0 Å². The van der Waals surface area contributed by atoms with Gasteiger partial charge in [0.1, 0.15) is 0 Å². The average Bonchev–Trinajstić information content (AvgIpc) is 2.29. The van der Waals surface area contributed by atoms with E-state index in [-0.39, 0.29) is 0 Å². The quantitative estimate of drug-likeness (QED) is 0.728. The second kappa shape index (κ2) is 3.70. The van der Waals surface area contributed by atoms with E-state index in [9.17, 15) is 0 Å². The highest BCUT2D eigenvalue weighted by Crippen LogP contribution is 2.32. The molecule has 13 heavy (non-hydrogen) atoms. The van der Waals surface area contributed by atoms with E-state index in [1.54, 1.807) is 0 Å². The molecule has 0 radical (unpaired) electrons. The molecule has 0 amide bonds.